The van der Waals surface area contributed by atoms with E-state index in [1.807, 2.05) is 12.1 Å². The number of phenolic OH excluding ortho intramolecular Hbond substituents is 1. The van der Waals surface area contributed by atoms with Gasteiger partial charge in [-0.3, -0.25) is 0 Å². The van der Waals surface area contributed by atoms with Crippen molar-refractivity contribution in [3.63, 3.8) is 0 Å². The predicted molar refractivity (Wildman–Crippen MR) is 80.4 cm³/mol. The van der Waals surface area contributed by atoms with E-state index in [0.29, 0.717) is 11.7 Å². The van der Waals surface area contributed by atoms with Crippen molar-refractivity contribution < 1.29 is 5.11 Å². The van der Waals surface area contributed by atoms with E-state index in [4.69, 9.17) is 5.73 Å². The maximum atomic E-state index is 9.61. The minimum Gasteiger partial charge on any atom is -0.506 e. The fourth-order valence-corrected chi connectivity index (χ4v) is 3.32. The van der Waals surface area contributed by atoms with E-state index in [1.165, 1.54) is 12.8 Å². The van der Waals surface area contributed by atoms with Gasteiger partial charge in [0.05, 0.1) is 7.14 Å². The number of rotatable bonds is 2. The second-order valence-electron chi connectivity index (χ2n) is 3.70. The molecule has 84 valence electrons. The number of hydrogen-bond acceptors (Lipinski definition) is 2. The molecule has 0 unspecified atom stereocenters. The van der Waals surface area contributed by atoms with E-state index in [0.717, 1.165) is 12.7 Å². The van der Waals surface area contributed by atoms with Crippen molar-refractivity contribution in [2.24, 2.45) is 11.7 Å². The molecule has 5 heteroatoms. The van der Waals surface area contributed by atoms with Crippen molar-refractivity contribution in [3.8, 4) is 5.75 Å². The topological polar surface area (TPSA) is 46.2 Å². The fraction of sp³-hybridized carbons (Fsp3) is 0.400. The molecule has 0 aliphatic heterocycles. The number of hydrogen-bond donors (Lipinski definition) is 2. The Bertz CT molecular complexity index is 345. The minimum absolute atomic E-state index is 0. The smallest absolute Gasteiger partial charge is 0.142 e. The zero-order valence-corrected chi connectivity index (χ0v) is 13.0. The summed E-state index contributed by atoms with van der Waals surface area (Å²) in [6.45, 7) is 0. The van der Waals surface area contributed by atoms with Gasteiger partial charge in [0, 0.05) is 6.04 Å². The standard InChI is InChI=1S/C10H11I2NO.ClH/c11-7-3-6(4-8(12)10(7)14)9(13)5-1-2-5;/h3-5,9,14H,1-2,13H2;1H/t9-;/m1./s1. The summed E-state index contributed by atoms with van der Waals surface area (Å²) >= 11 is 4.28. The summed E-state index contributed by atoms with van der Waals surface area (Å²) < 4.78 is 1.78. The lowest BCUT2D eigenvalue weighted by atomic mass is 10.0. The van der Waals surface area contributed by atoms with E-state index < -0.39 is 0 Å². The van der Waals surface area contributed by atoms with Crippen LogP contribution in [0, 0.1) is 13.1 Å². The third-order valence-electron chi connectivity index (χ3n) is 2.55. The molecular weight excluding hydrogens is 439 g/mol. The number of aromatic hydroxyl groups is 1. The van der Waals surface area contributed by atoms with Crippen molar-refractivity contribution >= 4 is 57.6 Å². The third kappa shape index (κ3) is 3.10. The van der Waals surface area contributed by atoms with Gasteiger partial charge in [0.25, 0.3) is 0 Å². The summed E-state index contributed by atoms with van der Waals surface area (Å²) in [7, 11) is 0. The van der Waals surface area contributed by atoms with Crippen molar-refractivity contribution in [1.82, 2.24) is 0 Å². The van der Waals surface area contributed by atoms with Crippen LogP contribution in [0.4, 0.5) is 0 Å². The Morgan fingerprint density at radius 1 is 1.27 bits per heavy atom. The summed E-state index contributed by atoms with van der Waals surface area (Å²) in [6, 6.07) is 4.12. The van der Waals surface area contributed by atoms with Gasteiger partial charge in [0.2, 0.25) is 0 Å². The first-order valence-corrected chi connectivity index (χ1v) is 6.69. The van der Waals surface area contributed by atoms with Gasteiger partial charge in [-0.2, -0.15) is 0 Å². The molecule has 3 N–H and O–H groups in total. The molecule has 0 amide bonds. The van der Waals surface area contributed by atoms with Crippen LogP contribution in [0.25, 0.3) is 0 Å². The van der Waals surface area contributed by atoms with Crippen molar-refractivity contribution in [2.75, 3.05) is 0 Å². The molecule has 0 aromatic heterocycles. The highest BCUT2D eigenvalue weighted by atomic mass is 127. The summed E-state index contributed by atoms with van der Waals surface area (Å²) in [6.07, 6.45) is 2.49. The van der Waals surface area contributed by atoms with E-state index in [1.54, 1.807) is 0 Å². The highest BCUT2D eigenvalue weighted by molar-refractivity contribution is 14.1. The van der Waals surface area contributed by atoms with Gasteiger partial charge < -0.3 is 10.8 Å². The van der Waals surface area contributed by atoms with Gasteiger partial charge in [-0.25, -0.2) is 0 Å². The van der Waals surface area contributed by atoms with Gasteiger partial charge >= 0.3 is 0 Å². The lowest BCUT2D eigenvalue weighted by molar-refractivity contribution is 0.466. The second-order valence-corrected chi connectivity index (χ2v) is 6.02. The molecule has 0 bridgehead atoms. The van der Waals surface area contributed by atoms with Gasteiger partial charge in [-0.05, 0) is 81.6 Å². The summed E-state index contributed by atoms with van der Waals surface area (Å²) in [5, 5.41) is 9.61. The lowest BCUT2D eigenvalue weighted by Crippen LogP contribution is -2.12. The first-order chi connectivity index (χ1) is 6.59. The molecule has 1 aromatic rings. The van der Waals surface area contributed by atoms with Gasteiger partial charge in [0.1, 0.15) is 5.75 Å². The molecule has 1 atom stereocenters. The van der Waals surface area contributed by atoms with Crippen LogP contribution in [0.3, 0.4) is 0 Å². The van der Waals surface area contributed by atoms with Crippen molar-refractivity contribution in [2.45, 2.75) is 18.9 Å². The Kier molecular flexibility index (Phi) is 4.94. The van der Waals surface area contributed by atoms with Crippen LogP contribution in [-0.4, -0.2) is 5.11 Å². The lowest BCUT2D eigenvalue weighted by Gasteiger charge is -2.12. The Balaban J connectivity index is 0.00000112. The largest absolute Gasteiger partial charge is 0.506 e. The number of nitrogens with two attached hydrogens (primary N) is 1. The number of benzene rings is 1. The first-order valence-electron chi connectivity index (χ1n) is 4.53. The molecule has 1 aliphatic rings. The molecule has 1 aromatic carbocycles. The minimum atomic E-state index is 0. The Morgan fingerprint density at radius 3 is 2.13 bits per heavy atom. The summed E-state index contributed by atoms with van der Waals surface area (Å²) in [4.78, 5) is 0. The molecule has 2 rings (SSSR count). The first kappa shape index (κ1) is 13.8. The van der Waals surface area contributed by atoms with Gasteiger partial charge in [-0.1, -0.05) is 0 Å². The van der Waals surface area contributed by atoms with E-state index in [-0.39, 0.29) is 18.4 Å². The Labute approximate surface area is 123 Å². The molecule has 1 fully saturated rings. The van der Waals surface area contributed by atoms with Crippen LogP contribution in [0.2, 0.25) is 0 Å². The number of halogens is 3. The average Bonchev–Trinajstić information content (AvgIpc) is 2.95. The molecule has 15 heavy (non-hydrogen) atoms. The summed E-state index contributed by atoms with van der Waals surface area (Å²) in [5.41, 5.74) is 7.25. The highest BCUT2D eigenvalue weighted by Gasteiger charge is 2.30. The summed E-state index contributed by atoms with van der Waals surface area (Å²) in [5.74, 6) is 1.03. The maximum absolute atomic E-state index is 9.61. The molecular formula is C10H12ClI2NO. The van der Waals surface area contributed by atoms with E-state index in [9.17, 15) is 5.11 Å². The van der Waals surface area contributed by atoms with Crippen LogP contribution in [0.5, 0.6) is 5.75 Å². The van der Waals surface area contributed by atoms with Gasteiger partial charge in [-0.15, -0.1) is 12.4 Å². The van der Waals surface area contributed by atoms with Crippen LogP contribution < -0.4 is 5.73 Å². The Morgan fingerprint density at radius 2 is 1.73 bits per heavy atom. The maximum Gasteiger partial charge on any atom is 0.142 e. The zero-order valence-electron chi connectivity index (χ0n) is 7.91. The van der Waals surface area contributed by atoms with Crippen LogP contribution >= 0.6 is 57.6 Å². The van der Waals surface area contributed by atoms with Crippen LogP contribution in [0.15, 0.2) is 12.1 Å². The normalized spacial score (nSPS) is 17.0. The quantitative estimate of drug-likeness (QED) is 0.677. The van der Waals surface area contributed by atoms with E-state index in [2.05, 4.69) is 45.2 Å². The molecule has 2 nitrogen and oxygen atoms in total. The third-order valence-corrected chi connectivity index (χ3v) is 4.20. The molecule has 1 saturated carbocycles. The SMILES string of the molecule is Cl.N[C@@H](c1cc(I)c(O)c(I)c1)C1CC1. The number of phenols is 1. The Hall–Kier alpha value is 0.730. The highest BCUT2D eigenvalue weighted by Crippen LogP contribution is 2.41. The predicted octanol–water partition coefficient (Wildman–Crippen LogP) is 3.43. The average molecular weight is 451 g/mol. The van der Waals surface area contributed by atoms with Gasteiger partial charge in [0.15, 0.2) is 0 Å². The molecule has 1 aliphatic carbocycles. The molecule has 0 spiro atoms. The monoisotopic (exact) mass is 451 g/mol. The van der Waals surface area contributed by atoms with Crippen molar-refractivity contribution in [1.29, 1.82) is 0 Å². The van der Waals surface area contributed by atoms with Crippen molar-refractivity contribution in [3.05, 3.63) is 24.8 Å². The molecule has 0 radical (unpaired) electrons. The van der Waals surface area contributed by atoms with Crippen LogP contribution in [-0.2, 0) is 0 Å². The molecule has 0 saturated heterocycles. The second kappa shape index (κ2) is 5.37. The fourth-order valence-electron chi connectivity index (χ4n) is 1.51. The van der Waals surface area contributed by atoms with Crippen LogP contribution in [0.1, 0.15) is 24.4 Å². The molecule has 0 heterocycles. The zero-order chi connectivity index (χ0) is 10.3. The van der Waals surface area contributed by atoms with E-state index >= 15 is 0 Å².